The van der Waals surface area contributed by atoms with Crippen LogP contribution in [0.25, 0.3) is 0 Å². The van der Waals surface area contributed by atoms with Gasteiger partial charge in [-0.05, 0) is 6.07 Å². The van der Waals surface area contributed by atoms with Crippen LogP contribution in [0.15, 0.2) is 10.5 Å². The lowest BCUT2D eigenvalue weighted by Gasteiger charge is -2.13. The standard InChI is InChI=1S/C7H10BrClSSi/c1-11(2,3)7-5(8)4-6(9)10-7/h4H,1-3H3. The first kappa shape index (κ1) is 9.77. The van der Waals surface area contributed by atoms with Crippen LogP contribution >= 0.6 is 38.9 Å². The third-order valence-electron chi connectivity index (χ3n) is 1.34. The van der Waals surface area contributed by atoms with Crippen LogP contribution in [0.3, 0.4) is 0 Å². The molecule has 11 heavy (non-hydrogen) atoms. The van der Waals surface area contributed by atoms with E-state index >= 15 is 0 Å². The SMILES string of the molecule is C[Si](C)(C)c1sc(Cl)cc1Br. The summed E-state index contributed by atoms with van der Waals surface area (Å²) in [6.45, 7) is 6.96. The van der Waals surface area contributed by atoms with Gasteiger partial charge in [-0.25, -0.2) is 0 Å². The lowest BCUT2D eigenvalue weighted by molar-refractivity contribution is 1.76. The molecule has 0 saturated carbocycles. The third kappa shape index (κ3) is 2.31. The maximum absolute atomic E-state index is 5.88. The first-order valence-corrected chi connectivity index (χ1v) is 8.85. The van der Waals surface area contributed by atoms with Gasteiger partial charge in [0.05, 0.1) is 12.4 Å². The zero-order chi connectivity index (χ0) is 8.65. The molecule has 0 N–H and O–H groups in total. The summed E-state index contributed by atoms with van der Waals surface area (Å²) in [5.41, 5.74) is 0. The quantitative estimate of drug-likeness (QED) is 0.682. The van der Waals surface area contributed by atoms with E-state index in [0.717, 1.165) is 4.34 Å². The lowest BCUT2D eigenvalue weighted by atomic mass is 10.7. The number of hydrogen-bond acceptors (Lipinski definition) is 1. The van der Waals surface area contributed by atoms with E-state index in [-0.39, 0.29) is 0 Å². The van der Waals surface area contributed by atoms with Crippen molar-refractivity contribution in [2.24, 2.45) is 0 Å². The molecule has 0 aliphatic heterocycles. The van der Waals surface area contributed by atoms with Gasteiger partial charge in [0.1, 0.15) is 0 Å². The molecule has 0 nitrogen and oxygen atoms in total. The van der Waals surface area contributed by atoms with Gasteiger partial charge in [-0.3, -0.25) is 0 Å². The Labute approximate surface area is 85.7 Å². The Kier molecular flexibility index (Phi) is 2.85. The summed E-state index contributed by atoms with van der Waals surface area (Å²) in [6, 6.07) is 1.99. The molecular weight excluding hydrogens is 260 g/mol. The van der Waals surface area contributed by atoms with E-state index in [2.05, 4.69) is 35.6 Å². The third-order valence-corrected chi connectivity index (χ3v) is 7.44. The van der Waals surface area contributed by atoms with Gasteiger partial charge in [-0.2, -0.15) is 0 Å². The van der Waals surface area contributed by atoms with Crippen molar-refractivity contribution in [1.82, 2.24) is 0 Å². The molecule has 0 bridgehead atoms. The largest absolute Gasteiger partial charge is 0.132 e. The Morgan fingerprint density at radius 2 is 2.00 bits per heavy atom. The fraction of sp³-hybridized carbons (Fsp3) is 0.429. The second kappa shape index (κ2) is 3.21. The summed E-state index contributed by atoms with van der Waals surface area (Å²) in [5, 5.41) is 0. The number of halogens is 2. The van der Waals surface area contributed by atoms with E-state index in [1.807, 2.05) is 6.07 Å². The van der Waals surface area contributed by atoms with Gasteiger partial charge in [-0.1, -0.05) is 47.2 Å². The van der Waals surface area contributed by atoms with E-state index in [4.69, 9.17) is 11.6 Å². The molecule has 0 aromatic carbocycles. The first-order chi connectivity index (χ1) is 4.91. The molecule has 0 saturated heterocycles. The van der Waals surface area contributed by atoms with Crippen LogP contribution in [0, 0.1) is 0 Å². The molecule has 0 atom stereocenters. The van der Waals surface area contributed by atoms with E-state index < -0.39 is 8.07 Å². The average Bonchev–Trinajstić information content (AvgIpc) is 2.08. The molecule has 0 aliphatic rings. The predicted molar refractivity (Wildman–Crippen MR) is 60.0 cm³/mol. The Bertz CT molecular complexity index is 264. The van der Waals surface area contributed by atoms with Crippen LogP contribution in [-0.2, 0) is 0 Å². The second-order valence-corrected chi connectivity index (χ2v) is 11.4. The minimum Gasteiger partial charge on any atom is -0.132 e. The minimum absolute atomic E-state index is 0.884. The molecule has 0 aliphatic carbocycles. The highest BCUT2D eigenvalue weighted by Gasteiger charge is 2.21. The summed E-state index contributed by atoms with van der Waals surface area (Å²) in [7, 11) is -1.17. The molecule has 1 aromatic heterocycles. The highest BCUT2D eigenvalue weighted by molar-refractivity contribution is 9.10. The fourth-order valence-corrected chi connectivity index (χ4v) is 6.80. The molecule has 62 valence electrons. The molecule has 1 heterocycles. The maximum Gasteiger partial charge on any atom is 0.0938 e. The smallest absolute Gasteiger partial charge is 0.0938 e. The van der Waals surface area contributed by atoms with Crippen LogP contribution in [0.4, 0.5) is 0 Å². The monoisotopic (exact) mass is 268 g/mol. The molecule has 1 rings (SSSR count). The molecular formula is C7H10BrClSSi. The number of rotatable bonds is 1. The van der Waals surface area contributed by atoms with Crippen LogP contribution in [0.2, 0.25) is 24.0 Å². The van der Waals surface area contributed by atoms with Crippen molar-refractivity contribution in [2.45, 2.75) is 19.6 Å². The van der Waals surface area contributed by atoms with Gasteiger partial charge in [0.2, 0.25) is 0 Å². The van der Waals surface area contributed by atoms with Crippen LogP contribution < -0.4 is 4.50 Å². The highest BCUT2D eigenvalue weighted by Crippen LogP contribution is 2.25. The van der Waals surface area contributed by atoms with Gasteiger partial charge in [0.25, 0.3) is 0 Å². The Balaban J connectivity index is 3.13. The number of hydrogen-bond donors (Lipinski definition) is 0. The molecule has 0 radical (unpaired) electrons. The topological polar surface area (TPSA) is 0 Å². The minimum atomic E-state index is -1.17. The first-order valence-electron chi connectivity index (χ1n) is 3.36. The van der Waals surface area contributed by atoms with Crippen molar-refractivity contribution in [1.29, 1.82) is 0 Å². The summed E-state index contributed by atoms with van der Waals surface area (Å²) in [4.78, 5) is 0. The summed E-state index contributed by atoms with van der Waals surface area (Å²) < 4.78 is 3.52. The molecule has 0 fully saturated rings. The van der Waals surface area contributed by atoms with Gasteiger partial charge >= 0.3 is 0 Å². The Morgan fingerprint density at radius 1 is 1.45 bits per heavy atom. The van der Waals surface area contributed by atoms with E-state index in [0.29, 0.717) is 0 Å². The Hall–Kier alpha value is 0.687. The molecule has 0 spiro atoms. The molecule has 0 amide bonds. The maximum atomic E-state index is 5.88. The number of thiophene rings is 1. The summed E-state index contributed by atoms with van der Waals surface area (Å²) >= 11 is 11.1. The Morgan fingerprint density at radius 3 is 2.18 bits per heavy atom. The van der Waals surface area contributed by atoms with E-state index in [1.165, 1.54) is 8.97 Å². The zero-order valence-electron chi connectivity index (χ0n) is 6.74. The van der Waals surface area contributed by atoms with Crippen molar-refractivity contribution in [3.05, 3.63) is 14.9 Å². The van der Waals surface area contributed by atoms with Crippen molar-refractivity contribution >= 4 is 51.4 Å². The normalized spacial score (nSPS) is 12.1. The zero-order valence-corrected chi connectivity index (χ0v) is 10.9. The second-order valence-electron chi connectivity index (χ2n) is 3.48. The van der Waals surface area contributed by atoms with Gasteiger partial charge in [-0.15, -0.1) is 11.3 Å². The van der Waals surface area contributed by atoms with Crippen molar-refractivity contribution in [3.63, 3.8) is 0 Å². The van der Waals surface area contributed by atoms with Crippen molar-refractivity contribution < 1.29 is 0 Å². The predicted octanol–water partition coefficient (Wildman–Crippen LogP) is 3.71. The van der Waals surface area contributed by atoms with Gasteiger partial charge < -0.3 is 0 Å². The average molecular weight is 270 g/mol. The van der Waals surface area contributed by atoms with Crippen molar-refractivity contribution in [2.75, 3.05) is 0 Å². The summed E-state index contributed by atoms with van der Waals surface area (Å²) in [5.74, 6) is 0. The fourth-order valence-electron chi connectivity index (χ4n) is 0.852. The van der Waals surface area contributed by atoms with E-state index in [9.17, 15) is 0 Å². The van der Waals surface area contributed by atoms with Crippen LogP contribution in [0.5, 0.6) is 0 Å². The highest BCUT2D eigenvalue weighted by atomic mass is 79.9. The van der Waals surface area contributed by atoms with Crippen molar-refractivity contribution in [3.8, 4) is 0 Å². The lowest BCUT2D eigenvalue weighted by Crippen LogP contribution is -2.35. The van der Waals surface area contributed by atoms with Gasteiger partial charge in [0.15, 0.2) is 0 Å². The van der Waals surface area contributed by atoms with Gasteiger partial charge in [0, 0.05) is 8.97 Å². The van der Waals surface area contributed by atoms with E-state index in [1.54, 1.807) is 11.3 Å². The molecule has 4 heteroatoms. The molecule has 1 aromatic rings. The summed E-state index contributed by atoms with van der Waals surface area (Å²) in [6.07, 6.45) is 0. The van der Waals surface area contributed by atoms with Crippen LogP contribution in [-0.4, -0.2) is 8.07 Å². The van der Waals surface area contributed by atoms with Crippen LogP contribution in [0.1, 0.15) is 0 Å². The molecule has 0 unspecified atom stereocenters.